The van der Waals surface area contributed by atoms with Crippen LogP contribution in [0.5, 0.6) is 0 Å². The highest BCUT2D eigenvalue weighted by Crippen LogP contribution is 2.25. The van der Waals surface area contributed by atoms with Crippen molar-refractivity contribution < 1.29 is 9.90 Å². The zero-order valence-corrected chi connectivity index (χ0v) is 12.3. The molecule has 1 rings (SSSR count). The lowest BCUT2D eigenvalue weighted by Gasteiger charge is -2.14. The maximum Gasteiger partial charge on any atom is 0.320 e. The first-order valence-corrected chi connectivity index (χ1v) is 7.13. The van der Waals surface area contributed by atoms with Gasteiger partial charge in [-0.1, -0.05) is 34.1 Å². The predicted molar refractivity (Wildman–Crippen MR) is 74.0 cm³/mol. The number of aromatic nitrogens is 1. The molecule has 0 aliphatic heterocycles. The van der Waals surface area contributed by atoms with Gasteiger partial charge in [0, 0.05) is 17.3 Å². The van der Waals surface area contributed by atoms with Crippen LogP contribution in [0.1, 0.15) is 51.2 Å². The van der Waals surface area contributed by atoms with Gasteiger partial charge in [-0.3, -0.25) is 10.1 Å². The monoisotopic (exact) mass is 270 g/mol. The second-order valence-electron chi connectivity index (χ2n) is 5.45. The van der Waals surface area contributed by atoms with Crippen molar-refractivity contribution in [2.24, 2.45) is 0 Å². The number of thiazole rings is 1. The topological polar surface area (TPSA) is 62.2 Å². The minimum Gasteiger partial charge on any atom is -0.480 e. The fraction of sp³-hybridized carbons (Fsp3) is 0.692. The molecule has 1 aromatic heterocycles. The van der Waals surface area contributed by atoms with E-state index in [1.54, 1.807) is 11.3 Å². The molecule has 0 aliphatic carbocycles. The number of hydrogen-bond donors (Lipinski definition) is 2. The van der Waals surface area contributed by atoms with Crippen molar-refractivity contribution in [2.45, 2.75) is 58.5 Å². The highest BCUT2D eigenvalue weighted by atomic mass is 32.1. The van der Waals surface area contributed by atoms with E-state index in [1.165, 1.54) is 0 Å². The lowest BCUT2D eigenvalue weighted by atomic mass is 9.98. The van der Waals surface area contributed by atoms with Crippen molar-refractivity contribution in [1.29, 1.82) is 0 Å². The van der Waals surface area contributed by atoms with Crippen LogP contribution in [0.15, 0.2) is 5.38 Å². The molecule has 2 N–H and O–H groups in total. The Bertz CT molecular complexity index is 396. The molecule has 1 unspecified atom stereocenters. The third-order valence-electron chi connectivity index (χ3n) is 2.60. The second-order valence-corrected chi connectivity index (χ2v) is 6.31. The van der Waals surface area contributed by atoms with Gasteiger partial charge in [-0.05, 0) is 6.42 Å². The van der Waals surface area contributed by atoms with Crippen LogP contribution < -0.4 is 5.32 Å². The van der Waals surface area contributed by atoms with Gasteiger partial charge in [0.1, 0.15) is 6.04 Å². The number of rotatable bonds is 6. The zero-order chi connectivity index (χ0) is 13.8. The SMILES string of the molecule is CCCC(NCc1csc(C(C)(C)C)n1)C(=O)O. The fourth-order valence-corrected chi connectivity index (χ4v) is 2.47. The number of hydrogen-bond acceptors (Lipinski definition) is 4. The molecule has 0 saturated carbocycles. The first kappa shape index (κ1) is 15.1. The van der Waals surface area contributed by atoms with Gasteiger partial charge in [-0.15, -0.1) is 11.3 Å². The molecule has 4 nitrogen and oxygen atoms in total. The van der Waals surface area contributed by atoms with Crippen LogP contribution in [-0.2, 0) is 16.8 Å². The highest BCUT2D eigenvalue weighted by molar-refractivity contribution is 7.09. The smallest absolute Gasteiger partial charge is 0.320 e. The summed E-state index contributed by atoms with van der Waals surface area (Å²) in [7, 11) is 0. The van der Waals surface area contributed by atoms with E-state index in [0.717, 1.165) is 17.1 Å². The zero-order valence-electron chi connectivity index (χ0n) is 11.5. The van der Waals surface area contributed by atoms with Crippen LogP contribution in [0.2, 0.25) is 0 Å². The summed E-state index contributed by atoms with van der Waals surface area (Å²) in [5.74, 6) is -0.789. The maximum absolute atomic E-state index is 11.0. The minimum atomic E-state index is -0.789. The molecule has 0 aliphatic rings. The first-order chi connectivity index (χ1) is 8.34. The minimum absolute atomic E-state index is 0.0541. The number of nitrogens with zero attached hydrogens (tertiary/aromatic N) is 1. The number of carboxylic acids is 1. The Morgan fingerprint density at radius 2 is 2.22 bits per heavy atom. The summed E-state index contributed by atoms with van der Waals surface area (Å²) in [5.41, 5.74) is 0.978. The Morgan fingerprint density at radius 3 is 2.67 bits per heavy atom. The van der Waals surface area contributed by atoms with E-state index in [2.05, 4.69) is 31.1 Å². The number of nitrogens with one attached hydrogen (secondary N) is 1. The maximum atomic E-state index is 11.0. The average Bonchev–Trinajstić information content (AvgIpc) is 2.71. The number of carbonyl (C=O) groups is 1. The molecule has 1 heterocycles. The van der Waals surface area contributed by atoms with E-state index in [4.69, 9.17) is 5.11 Å². The Kier molecular flexibility index (Phi) is 5.28. The van der Waals surface area contributed by atoms with Crippen LogP contribution in [0.25, 0.3) is 0 Å². The van der Waals surface area contributed by atoms with E-state index in [1.807, 2.05) is 12.3 Å². The van der Waals surface area contributed by atoms with E-state index in [0.29, 0.717) is 13.0 Å². The summed E-state index contributed by atoms with van der Waals surface area (Å²) < 4.78 is 0. The first-order valence-electron chi connectivity index (χ1n) is 6.25. The molecule has 0 spiro atoms. The summed E-state index contributed by atoms with van der Waals surface area (Å²) in [6, 6.07) is -0.477. The largest absolute Gasteiger partial charge is 0.480 e. The van der Waals surface area contributed by atoms with Crippen LogP contribution in [0, 0.1) is 0 Å². The van der Waals surface area contributed by atoms with Crippen molar-refractivity contribution >= 4 is 17.3 Å². The normalized spacial score (nSPS) is 13.6. The van der Waals surface area contributed by atoms with Crippen molar-refractivity contribution in [3.05, 3.63) is 16.1 Å². The fourth-order valence-electron chi connectivity index (χ4n) is 1.56. The summed E-state index contributed by atoms with van der Waals surface area (Å²) in [6.07, 6.45) is 1.50. The van der Waals surface area contributed by atoms with Gasteiger partial charge in [0.2, 0.25) is 0 Å². The molecule has 1 atom stereocenters. The third-order valence-corrected chi connectivity index (χ3v) is 3.92. The number of aliphatic carboxylic acids is 1. The highest BCUT2D eigenvalue weighted by Gasteiger charge is 2.19. The van der Waals surface area contributed by atoms with Crippen molar-refractivity contribution in [3.8, 4) is 0 Å². The van der Waals surface area contributed by atoms with Gasteiger partial charge in [0.25, 0.3) is 0 Å². The Hall–Kier alpha value is -0.940. The molecule has 5 heteroatoms. The Balaban J connectivity index is 2.57. The van der Waals surface area contributed by atoms with Gasteiger partial charge in [-0.2, -0.15) is 0 Å². The molecule has 0 saturated heterocycles. The van der Waals surface area contributed by atoms with E-state index in [9.17, 15) is 4.79 Å². The molecular formula is C13H22N2O2S. The summed E-state index contributed by atoms with van der Waals surface area (Å²) in [5, 5.41) is 15.2. The van der Waals surface area contributed by atoms with Crippen LogP contribution >= 0.6 is 11.3 Å². The molecule has 0 fully saturated rings. The second kappa shape index (κ2) is 6.29. The van der Waals surface area contributed by atoms with Gasteiger partial charge >= 0.3 is 5.97 Å². The molecule has 0 amide bonds. The predicted octanol–water partition coefficient (Wildman–Crippen LogP) is 2.78. The van der Waals surface area contributed by atoms with Gasteiger partial charge in [0.15, 0.2) is 0 Å². The molecular weight excluding hydrogens is 248 g/mol. The lowest BCUT2D eigenvalue weighted by molar-refractivity contribution is -0.139. The molecule has 0 bridgehead atoms. The molecule has 0 radical (unpaired) electrons. The Morgan fingerprint density at radius 1 is 1.56 bits per heavy atom. The third kappa shape index (κ3) is 4.38. The molecule has 18 heavy (non-hydrogen) atoms. The summed E-state index contributed by atoms with van der Waals surface area (Å²) >= 11 is 1.63. The summed E-state index contributed by atoms with van der Waals surface area (Å²) in [6.45, 7) is 8.88. The van der Waals surface area contributed by atoms with Crippen LogP contribution in [0.4, 0.5) is 0 Å². The van der Waals surface area contributed by atoms with Gasteiger partial charge in [0.05, 0.1) is 10.7 Å². The lowest BCUT2D eigenvalue weighted by Crippen LogP contribution is -2.36. The van der Waals surface area contributed by atoms with E-state index < -0.39 is 12.0 Å². The molecule has 0 aromatic carbocycles. The van der Waals surface area contributed by atoms with Crippen molar-refractivity contribution in [2.75, 3.05) is 0 Å². The van der Waals surface area contributed by atoms with Crippen LogP contribution in [-0.4, -0.2) is 22.1 Å². The van der Waals surface area contributed by atoms with E-state index >= 15 is 0 Å². The van der Waals surface area contributed by atoms with Crippen LogP contribution in [0.3, 0.4) is 0 Å². The van der Waals surface area contributed by atoms with Gasteiger partial charge in [-0.25, -0.2) is 4.98 Å². The van der Waals surface area contributed by atoms with E-state index in [-0.39, 0.29) is 5.41 Å². The Labute approximate surface area is 112 Å². The molecule has 1 aromatic rings. The average molecular weight is 270 g/mol. The van der Waals surface area contributed by atoms with Gasteiger partial charge < -0.3 is 5.11 Å². The number of carboxylic acid groups (broad SMARTS) is 1. The molecule has 102 valence electrons. The summed E-state index contributed by atoms with van der Waals surface area (Å²) in [4.78, 5) is 15.5. The van der Waals surface area contributed by atoms with Crippen molar-refractivity contribution in [1.82, 2.24) is 10.3 Å². The quantitative estimate of drug-likeness (QED) is 0.834. The van der Waals surface area contributed by atoms with Crippen molar-refractivity contribution in [3.63, 3.8) is 0 Å². The standard InChI is InChI=1S/C13H22N2O2S/c1-5-6-10(11(16)17)14-7-9-8-18-12(15-9)13(2,3)4/h8,10,14H,5-7H2,1-4H3,(H,16,17).